The minimum atomic E-state index is -0.866. The molecule has 0 fully saturated rings. The van der Waals surface area contributed by atoms with Gasteiger partial charge in [0.1, 0.15) is 11.9 Å². The normalized spacial score (nSPS) is 16.3. The van der Waals surface area contributed by atoms with Crippen LogP contribution in [0.25, 0.3) is 0 Å². The van der Waals surface area contributed by atoms with Crippen molar-refractivity contribution in [2.24, 2.45) is 5.92 Å². The first-order chi connectivity index (χ1) is 13.8. The monoisotopic (exact) mass is 410 g/mol. The fourth-order valence-corrected chi connectivity index (χ4v) is 3.88. The van der Waals surface area contributed by atoms with Gasteiger partial charge in [-0.25, -0.2) is 0 Å². The van der Waals surface area contributed by atoms with Crippen LogP contribution in [-0.2, 0) is 5.41 Å². The lowest BCUT2D eigenvalue weighted by molar-refractivity contribution is 0.00790. The second-order valence-electron chi connectivity index (χ2n) is 8.83. The van der Waals surface area contributed by atoms with Gasteiger partial charge in [0, 0.05) is 5.92 Å². The molecule has 0 amide bonds. The Labute approximate surface area is 176 Å². The lowest BCUT2D eigenvalue weighted by Crippen LogP contribution is -2.34. The van der Waals surface area contributed by atoms with Gasteiger partial charge < -0.3 is 25.2 Å². The molecule has 0 bridgehead atoms. The third-order valence-electron chi connectivity index (χ3n) is 5.83. The van der Waals surface area contributed by atoms with Crippen molar-refractivity contribution in [1.29, 1.82) is 0 Å². The average Bonchev–Trinajstić information content (AvgIpc) is 2.71. The molecule has 5 nitrogen and oxygen atoms in total. The minimum absolute atomic E-state index is 0.122. The molecule has 0 aliphatic carbocycles. The van der Waals surface area contributed by atoms with E-state index in [1.54, 1.807) is 0 Å². The van der Waals surface area contributed by atoms with Gasteiger partial charge in [0.25, 0.3) is 0 Å². The van der Waals surface area contributed by atoms with Crippen molar-refractivity contribution in [3.63, 3.8) is 0 Å². The highest BCUT2D eigenvalue weighted by Gasteiger charge is 2.27. The Kier molecular flexibility index (Phi) is 11.8. The zero-order chi connectivity index (χ0) is 21.9. The molecule has 0 aliphatic rings. The molecule has 1 aromatic carbocycles. The van der Waals surface area contributed by atoms with Crippen LogP contribution in [0.2, 0.25) is 0 Å². The number of unbranched alkanes of at least 4 members (excludes halogenated alkanes) is 2. The van der Waals surface area contributed by atoms with Crippen LogP contribution < -0.4 is 4.74 Å². The van der Waals surface area contributed by atoms with Crippen molar-refractivity contribution in [2.45, 2.75) is 96.4 Å². The maximum Gasteiger partial charge on any atom is 0.119 e. The first kappa shape index (κ1) is 25.9. The lowest BCUT2D eigenvalue weighted by atomic mass is 9.80. The van der Waals surface area contributed by atoms with Gasteiger partial charge in [-0.3, -0.25) is 0 Å². The second-order valence-corrected chi connectivity index (χ2v) is 8.83. The van der Waals surface area contributed by atoms with Crippen LogP contribution in [0.3, 0.4) is 0 Å². The van der Waals surface area contributed by atoms with Gasteiger partial charge in [-0.2, -0.15) is 0 Å². The first-order valence-electron chi connectivity index (χ1n) is 11.1. The highest BCUT2D eigenvalue weighted by Crippen LogP contribution is 2.32. The number of aliphatic hydroxyl groups is 4. The number of hydrogen-bond acceptors (Lipinski definition) is 5. The largest absolute Gasteiger partial charge is 0.490 e. The molecule has 0 radical (unpaired) electrons. The predicted octanol–water partition coefficient (Wildman–Crippen LogP) is 3.80. The molecule has 4 N–H and O–H groups in total. The number of ether oxygens (including phenoxy) is 1. The maximum atomic E-state index is 9.89. The summed E-state index contributed by atoms with van der Waals surface area (Å²) < 4.78 is 6.20. The topological polar surface area (TPSA) is 90.2 Å². The molecule has 5 heteroatoms. The third-order valence-corrected chi connectivity index (χ3v) is 5.83. The van der Waals surface area contributed by atoms with Gasteiger partial charge in [0.05, 0.1) is 25.4 Å². The van der Waals surface area contributed by atoms with Crippen molar-refractivity contribution in [2.75, 3.05) is 13.2 Å². The summed E-state index contributed by atoms with van der Waals surface area (Å²) in [4.78, 5) is 0. The molecular formula is C24H42O5. The molecule has 29 heavy (non-hydrogen) atoms. The van der Waals surface area contributed by atoms with Crippen molar-refractivity contribution < 1.29 is 25.2 Å². The van der Waals surface area contributed by atoms with Crippen LogP contribution in [0.5, 0.6) is 5.75 Å². The van der Waals surface area contributed by atoms with E-state index in [1.165, 1.54) is 24.8 Å². The third kappa shape index (κ3) is 9.04. The van der Waals surface area contributed by atoms with E-state index in [4.69, 9.17) is 4.74 Å². The zero-order valence-electron chi connectivity index (χ0n) is 18.7. The molecule has 0 spiro atoms. The Bertz CT molecular complexity index is 531. The van der Waals surface area contributed by atoms with E-state index in [1.807, 2.05) is 19.1 Å². The van der Waals surface area contributed by atoms with Crippen LogP contribution >= 0.6 is 0 Å². The second kappa shape index (κ2) is 13.2. The van der Waals surface area contributed by atoms with E-state index in [9.17, 15) is 20.4 Å². The molecule has 0 heterocycles. The Morgan fingerprint density at radius 1 is 0.897 bits per heavy atom. The van der Waals surface area contributed by atoms with Gasteiger partial charge in [0.2, 0.25) is 0 Å². The van der Waals surface area contributed by atoms with Gasteiger partial charge in [-0.05, 0) is 48.8 Å². The molecule has 3 atom stereocenters. The van der Waals surface area contributed by atoms with E-state index in [2.05, 4.69) is 32.9 Å². The van der Waals surface area contributed by atoms with Crippen LogP contribution in [0.15, 0.2) is 24.3 Å². The van der Waals surface area contributed by atoms with Crippen molar-refractivity contribution >= 4 is 0 Å². The van der Waals surface area contributed by atoms with E-state index in [0.29, 0.717) is 19.3 Å². The number of hydrogen-bond donors (Lipinski definition) is 4. The fourth-order valence-electron chi connectivity index (χ4n) is 3.88. The quantitative estimate of drug-likeness (QED) is 0.330. The average molecular weight is 411 g/mol. The summed E-state index contributed by atoms with van der Waals surface area (Å²) in [5.74, 6) is 0.585. The van der Waals surface area contributed by atoms with Gasteiger partial charge in [-0.15, -0.1) is 0 Å². The summed E-state index contributed by atoms with van der Waals surface area (Å²) in [5, 5.41) is 38.2. The maximum absolute atomic E-state index is 9.89. The minimum Gasteiger partial charge on any atom is -0.490 e. The van der Waals surface area contributed by atoms with E-state index >= 15 is 0 Å². The van der Waals surface area contributed by atoms with Crippen molar-refractivity contribution in [3.8, 4) is 5.75 Å². The Morgan fingerprint density at radius 3 is 1.90 bits per heavy atom. The van der Waals surface area contributed by atoms with Crippen molar-refractivity contribution in [3.05, 3.63) is 29.8 Å². The van der Waals surface area contributed by atoms with Gasteiger partial charge >= 0.3 is 0 Å². The van der Waals surface area contributed by atoms with Crippen LogP contribution in [0, 0.1) is 5.92 Å². The molecule has 0 saturated carbocycles. The Morgan fingerprint density at radius 2 is 1.45 bits per heavy atom. The fraction of sp³-hybridized carbons (Fsp3) is 0.750. The SMILES string of the molecule is CCCCCC(C)(C)c1ccc(OC(CC)C(CC(O)CO)CC(O)CO)cc1. The summed E-state index contributed by atoms with van der Waals surface area (Å²) >= 11 is 0. The molecule has 0 aliphatic heterocycles. The van der Waals surface area contributed by atoms with Crippen LogP contribution in [0.4, 0.5) is 0 Å². The van der Waals surface area contributed by atoms with Crippen molar-refractivity contribution in [1.82, 2.24) is 0 Å². The predicted molar refractivity (Wildman–Crippen MR) is 117 cm³/mol. The molecule has 1 rings (SSSR count). The molecule has 0 saturated heterocycles. The van der Waals surface area contributed by atoms with Gasteiger partial charge in [-0.1, -0.05) is 59.1 Å². The Hall–Kier alpha value is -1.14. The van der Waals surface area contributed by atoms with E-state index in [0.717, 1.165) is 12.2 Å². The molecule has 0 aromatic heterocycles. The van der Waals surface area contributed by atoms with Gasteiger partial charge in [0.15, 0.2) is 0 Å². The number of aliphatic hydroxyl groups excluding tert-OH is 4. The number of rotatable bonds is 15. The molecule has 1 aromatic rings. The summed E-state index contributed by atoms with van der Waals surface area (Å²) in [6.45, 7) is 8.11. The first-order valence-corrected chi connectivity index (χ1v) is 11.1. The summed E-state index contributed by atoms with van der Waals surface area (Å²) in [7, 11) is 0. The van der Waals surface area contributed by atoms with E-state index in [-0.39, 0.29) is 30.7 Å². The molecular weight excluding hydrogens is 368 g/mol. The smallest absolute Gasteiger partial charge is 0.119 e. The number of benzene rings is 1. The highest BCUT2D eigenvalue weighted by atomic mass is 16.5. The summed E-state index contributed by atoms with van der Waals surface area (Å²) in [6.07, 6.45) is 4.22. The highest BCUT2D eigenvalue weighted by molar-refractivity contribution is 5.31. The standard InChI is InChI=1S/C24H42O5/c1-5-7-8-13-24(3,4)19-9-11-22(12-10-19)29-23(6-2)18(14-20(27)16-25)15-21(28)17-26/h9-12,18,20-21,23,25-28H,5-8,13-17H2,1-4H3. The zero-order valence-corrected chi connectivity index (χ0v) is 18.7. The Balaban J connectivity index is 2.85. The molecule has 168 valence electrons. The summed E-state index contributed by atoms with van der Waals surface area (Å²) in [5.41, 5.74) is 1.41. The summed E-state index contributed by atoms with van der Waals surface area (Å²) in [6, 6.07) is 8.21. The lowest BCUT2D eigenvalue weighted by Gasteiger charge is -2.30. The van der Waals surface area contributed by atoms with Crippen LogP contribution in [0.1, 0.15) is 78.2 Å². The molecule has 3 unspecified atom stereocenters. The van der Waals surface area contributed by atoms with Crippen LogP contribution in [-0.4, -0.2) is 52.0 Å². The van der Waals surface area contributed by atoms with E-state index < -0.39 is 12.2 Å².